The van der Waals surface area contributed by atoms with E-state index in [9.17, 15) is 4.79 Å². The van der Waals surface area contributed by atoms with Gasteiger partial charge in [-0.1, -0.05) is 6.92 Å². The highest BCUT2D eigenvalue weighted by Crippen LogP contribution is 2.11. The van der Waals surface area contributed by atoms with Crippen LogP contribution in [0.4, 0.5) is 5.82 Å². The number of nitrogens with zero attached hydrogens (tertiary/aromatic N) is 3. The summed E-state index contributed by atoms with van der Waals surface area (Å²) in [6.07, 6.45) is 2.50. The van der Waals surface area contributed by atoms with Crippen molar-refractivity contribution in [3.63, 3.8) is 0 Å². The van der Waals surface area contributed by atoms with Gasteiger partial charge in [-0.25, -0.2) is 9.97 Å². The van der Waals surface area contributed by atoms with Crippen LogP contribution in [0, 0.1) is 0 Å². The van der Waals surface area contributed by atoms with Crippen molar-refractivity contribution in [2.75, 3.05) is 18.0 Å². The molecule has 0 atom stereocenters. The Balaban J connectivity index is 2.73. The number of carboxylic acids is 1. The monoisotopic (exact) mass is 223 g/mol. The second-order valence-corrected chi connectivity index (χ2v) is 3.44. The summed E-state index contributed by atoms with van der Waals surface area (Å²) in [7, 11) is 0. The van der Waals surface area contributed by atoms with Crippen LogP contribution in [0.1, 0.15) is 26.0 Å². The Hall–Kier alpha value is -1.65. The summed E-state index contributed by atoms with van der Waals surface area (Å²) < 4.78 is 0. The topological polar surface area (TPSA) is 66.3 Å². The van der Waals surface area contributed by atoms with Gasteiger partial charge < -0.3 is 10.0 Å². The molecule has 16 heavy (non-hydrogen) atoms. The molecule has 0 aromatic carbocycles. The fraction of sp³-hybridized carbons (Fsp3) is 0.545. The first kappa shape index (κ1) is 12.4. The van der Waals surface area contributed by atoms with Crippen molar-refractivity contribution in [1.29, 1.82) is 0 Å². The van der Waals surface area contributed by atoms with Crippen molar-refractivity contribution >= 4 is 11.8 Å². The molecule has 0 aliphatic rings. The van der Waals surface area contributed by atoms with Crippen LogP contribution in [0.2, 0.25) is 0 Å². The molecule has 0 saturated heterocycles. The van der Waals surface area contributed by atoms with Gasteiger partial charge in [-0.05, 0) is 13.3 Å². The summed E-state index contributed by atoms with van der Waals surface area (Å²) >= 11 is 0. The fourth-order valence-electron chi connectivity index (χ4n) is 1.42. The normalized spacial score (nSPS) is 10.1. The molecule has 1 aromatic heterocycles. The molecule has 0 radical (unpaired) electrons. The number of aromatic nitrogens is 2. The maximum Gasteiger partial charge on any atom is 0.305 e. The van der Waals surface area contributed by atoms with E-state index in [-0.39, 0.29) is 6.42 Å². The molecule has 1 heterocycles. The molecule has 0 saturated carbocycles. The van der Waals surface area contributed by atoms with E-state index >= 15 is 0 Å². The van der Waals surface area contributed by atoms with Crippen molar-refractivity contribution in [2.45, 2.75) is 26.7 Å². The Bertz CT molecular complexity index is 355. The van der Waals surface area contributed by atoms with Crippen molar-refractivity contribution < 1.29 is 9.90 Å². The van der Waals surface area contributed by atoms with Crippen molar-refractivity contribution in [2.24, 2.45) is 0 Å². The summed E-state index contributed by atoms with van der Waals surface area (Å²) in [5.74, 6) is 0.0128. The van der Waals surface area contributed by atoms with Crippen molar-refractivity contribution in [3.05, 3.63) is 18.1 Å². The zero-order valence-corrected chi connectivity index (χ0v) is 9.68. The average molecular weight is 223 g/mol. The van der Waals surface area contributed by atoms with E-state index in [4.69, 9.17) is 5.11 Å². The van der Waals surface area contributed by atoms with Gasteiger partial charge in [0.25, 0.3) is 0 Å². The Morgan fingerprint density at radius 1 is 1.44 bits per heavy atom. The molecule has 1 aromatic rings. The minimum atomic E-state index is -0.789. The molecule has 5 heteroatoms. The van der Waals surface area contributed by atoms with E-state index in [2.05, 4.69) is 9.97 Å². The molecule has 0 amide bonds. The number of aliphatic carboxylic acids is 1. The van der Waals surface area contributed by atoms with Crippen LogP contribution in [0.5, 0.6) is 0 Å². The first-order valence-electron chi connectivity index (χ1n) is 5.45. The maximum atomic E-state index is 10.5. The van der Waals surface area contributed by atoms with Crippen molar-refractivity contribution in [3.8, 4) is 0 Å². The van der Waals surface area contributed by atoms with Crippen LogP contribution < -0.4 is 4.90 Å². The zero-order valence-electron chi connectivity index (χ0n) is 9.68. The molecule has 1 N–H and O–H groups in total. The SMILES string of the molecule is CCc1cc(N(CC)CCC(=O)O)ncn1. The number of anilines is 1. The highest BCUT2D eigenvalue weighted by atomic mass is 16.4. The van der Waals surface area contributed by atoms with Crippen LogP contribution >= 0.6 is 0 Å². The maximum absolute atomic E-state index is 10.5. The Kier molecular flexibility index (Phi) is 4.69. The van der Waals surface area contributed by atoms with E-state index in [1.54, 1.807) is 0 Å². The van der Waals surface area contributed by atoms with Crippen LogP contribution in [0.25, 0.3) is 0 Å². The molecule has 0 spiro atoms. The van der Waals surface area contributed by atoms with Crippen LogP contribution in [0.3, 0.4) is 0 Å². The minimum Gasteiger partial charge on any atom is -0.481 e. The van der Waals surface area contributed by atoms with E-state index in [0.29, 0.717) is 6.54 Å². The largest absolute Gasteiger partial charge is 0.481 e. The Morgan fingerprint density at radius 2 is 2.19 bits per heavy atom. The van der Waals surface area contributed by atoms with Gasteiger partial charge in [-0.15, -0.1) is 0 Å². The second kappa shape index (κ2) is 6.05. The van der Waals surface area contributed by atoms with E-state index in [0.717, 1.165) is 24.5 Å². The van der Waals surface area contributed by atoms with Gasteiger partial charge in [-0.3, -0.25) is 4.79 Å². The predicted octanol–water partition coefficient (Wildman–Crippen LogP) is 1.34. The quantitative estimate of drug-likeness (QED) is 0.788. The van der Waals surface area contributed by atoms with Crippen LogP contribution in [0.15, 0.2) is 12.4 Å². The summed E-state index contributed by atoms with van der Waals surface area (Å²) in [6.45, 7) is 5.23. The highest BCUT2D eigenvalue weighted by molar-refractivity contribution is 5.67. The zero-order chi connectivity index (χ0) is 12.0. The molecular weight excluding hydrogens is 206 g/mol. The number of aryl methyl sites for hydroxylation is 1. The lowest BCUT2D eigenvalue weighted by Crippen LogP contribution is -2.26. The summed E-state index contributed by atoms with van der Waals surface area (Å²) in [4.78, 5) is 20.7. The van der Waals surface area contributed by atoms with Gasteiger partial charge >= 0.3 is 5.97 Å². The summed E-state index contributed by atoms with van der Waals surface area (Å²) in [5, 5.41) is 8.65. The standard InChI is InChI=1S/C11H17N3O2/c1-3-9-7-10(13-8-12-9)14(4-2)6-5-11(15)16/h7-8H,3-6H2,1-2H3,(H,15,16). The smallest absolute Gasteiger partial charge is 0.305 e. The lowest BCUT2D eigenvalue weighted by atomic mass is 10.3. The molecule has 88 valence electrons. The molecule has 0 bridgehead atoms. The molecule has 5 nitrogen and oxygen atoms in total. The number of carboxylic acid groups (broad SMARTS) is 1. The first-order chi connectivity index (χ1) is 7.67. The third-order valence-electron chi connectivity index (χ3n) is 2.37. The van der Waals surface area contributed by atoms with Gasteiger partial charge in [-0.2, -0.15) is 0 Å². The van der Waals surface area contributed by atoms with Gasteiger partial charge in [0.1, 0.15) is 12.1 Å². The molecule has 1 rings (SSSR count). The molecular formula is C11H17N3O2. The Labute approximate surface area is 95.1 Å². The number of carbonyl (C=O) groups is 1. The minimum absolute atomic E-state index is 0.124. The van der Waals surface area contributed by atoms with E-state index in [1.165, 1.54) is 6.33 Å². The van der Waals surface area contributed by atoms with Crippen molar-refractivity contribution in [1.82, 2.24) is 9.97 Å². The second-order valence-electron chi connectivity index (χ2n) is 3.44. The number of hydrogen-bond acceptors (Lipinski definition) is 4. The lowest BCUT2D eigenvalue weighted by Gasteiger charge is -2.21. The fourth-order valence-corrected chi connectivity index (χ4v) is 1.42. The molecule has 0 unspecified atom stereocenters. The predicted molar refractivity (Wildman–Crippen MR) is 61.5 cm³/mol. The van der Waals surface area contributed by atoms with E-state index in [1.807, 2.05) is 24.8 Å². The van der Waals surface area contributed by atoms with E-state index < -0.39 is 5.97 Å². The van der Waals surface area contributed by atoms with Gasteiger partial charge in [0.15, 0.2) is 0 Å². The molecule has 0 aliphatic carbocycles. The summed E-state index contributed by atoms with van der Waals surface area (Å²) in [5.41, 5.74) is 0.971. The summed E-state index contributed by atoms with van der Waals surface area (Å²) in [6, 6.07) is 1.91. The average Bonchev–Trinajstić information content (AvgIpc) is 2.30. The number of hydrogen-bond donors (Lipinski definition) is 1. The highest BCUT2D eigenvalue weighted by Gasteiger charge is 2.08. The van der Waals surface area contributed by atoms with Gasteiger partial charge in [0.05, 0.1) is 6.42 Å². The first-order valence-corrected chi connectivity index (χ1v) is 5.45. The third kappa shape index (κ3) is 3.49. The molecule has 0 aliphatic heterocycles. The number of rotatable bonds is 6. The van der Waals surface area contributed by atoms with Crippen LogP contribution in [-0.2, 0) is 11.2 Å². The van der Waals surface area contributed by atoms with Gasteiger partial charge in [0.2, 0.25) is 0 Å². The van der Waals surface area contributed by atoms with Gasteiger partial charge in [0, 0.05) is 24.8 Å². The van der Waals surface area contributed by atoms with Crippen LogP contribution in [-0.4, -0.2) is 34.1 Å². The molecule has 0 fully saturated rings. The lowest BCUT2D eigenvalue weighted by molar-refractivity contribution is -0.136. The Morgan fingerprint density at radius 3 is 2.75 bits per heavy atom. The third-order valence-corrected chi connectivity index (χ3v) is 2.37.